The molecule has 0 radical (unpaired) electrons. The van der Waals surface area contributed by atoms with E-state index in [1.54, 1.807) is 14.0 Å². The first kappa shape index (κ1) is 18.0. The number of rotatable bonds is 6. The molecule has 1 aliphatic rings. The quantitative estimate of drug-likeness (QED) is 0.827. The second-order valence-corrected chi connectivity index (χ2v) is 6.40. The largest absolute Gasteiger partial charge is 0.478 e. The van der Waals surface area contributed by atoms with E-state index in [0.29, 0.717) is 11.5 Å². The van der Waals surface area contributed by atoms with E-state index in [9.17, 15) is 14.4 Å². The molecular formula is C17H24N2O5. The number of carbonyl (C=O) groups excluding carboxylic acids is 2. The number of amides is 2. The molecule has 2 amide bonds. The molecule has 2 rings (SSSR count). The monoisotopic (exact) mass is 336 g/mol. The molecule has 0 saturated heterocycles. The van der Waals surface area contributed by atoms with E-state index >= 15 is 0 Å². The molecular weight excluding hydrogens is 312 g/mol. The number of carbonyl (C=O) groups is 3. The van der Waals surface area contributed by atoms with E-state index in [-0.39, 0.29) is 29.8 Å². The SMILES string of the molecule is CC(=O)N[C@@H](C(=O)N(C)Cc1cc(C(=O)O)c(C)o1)C1CCCC1. The number of nitrogens with one attached hydrogen (secondary N) is 1. The number of hydrogen-bond acceptors (Lipinski definition) is 4. The van der Waals surface area contributed by atoms with Crippen molar-refractivity contribution in [1.82, 2.24) is 10.2 Å². The highest BCUT2D eigenvalue weighted by atomic mass is 16.4. The van der Waals surface area contributed by atoms with Crippen LogP contribution >= 0.6 is 0 Å². The molecule has 24 heavy (non-hydrogen) atoms. The fraction of sp³-hybridized carbons (Fsp3) is 0.588. The van der Waals surface area contributed by atoms with E-state index in [4.69, 9.17) is 9.52 Å². The van der Waals surface area contributed by atoms with Crippen molar-refractivity contribution >= 4 is 17.8 Å². The van der Waals surface area contributed by atoms with E-state index in [2.05, 4.69) is 5.32 Å². The summed E-state index contributed by atoms with van der Waals surface area (Å²) in [4.78, 5) is 36.7. The summed E-state index contributed by atoms with van der Waals surface area (Å²) in [7, 11) is 1.63. The molecule has 7 nitrogen and oxygen atoms in total. The highest BCUT2D eigenvalue weighted by Gasteiger charge is 2.33. The molecule has 1 aliphatic carbocycles. The standard InChI is InChI=1S/C17H24N2O5/c1-10-14(17(22)23)8-13(24-10)9-19(3)16(21)15(18-11(2)20)12-6-4-5-7-12/h8,12,15H,4-7,9H2,1-3H3,(H,18,20)(H,22,23)/t15-/m1/s1. The van der Waals surface area contributed by atoms with Crippen molar-refractivity contribution < 1.29 is 23.9 Å². The van der Waals surface area contributed by atoms with Crippen LogP contribution in [0, 0.1) is 12.8 Å². The highest BCUT2D eigenvalue weighted by Crippen LogP contribution is 2.29. The molecule has 0 unspecified atom stereocenters. The number of likely N-dealkylation sites (N-methyl/N-ethyl adjacent to an activating group) is 1. The van der Waals surface area contributed by atoms with Gasteiger partial charge in [0.15, 0.2) is 0 Å². The van der Waals surface area contributed by atoms with Crippen LogP contribution in [-0.4, -0.2) is 40.9 Å². The smallest absolute Gasteiger partial charge is 0.339 e. The molecule has 1 aromatic heterocycles. The van der Waals surface area contributed by atoms with Crippen LogP contribution in [-0.2, 0) is 16.1 Å². The van der Waals surface area contributed by atoms with Crippen molar-refractivity contribution in [1.29, 1.82) is 0 Å². The number of carboxylic acid groups (broad SMARTS) is 1. The maximum absolute atomic E-state index is 12.7. The predicted molar refractivity (Wildman–Crippen MR) is 86.4 cm³/mol. The van der Waals surface area contributed by atoms with Gasteiger partial charge in [-0.3, -0.25) is 9.59 Å². The van der Waals surface area contributed by atoms with Gasteiger partial charge in [0.05, 0.1) is 6.54 Å². The lowest BCUT2D eigenvalue weighted by Crippen LogP contribution is -2.50. The normalized spacial score (nSPS) is 16.0. The number of furan rings is 1. The summed E-state index contributed by atoms with van der Waals surface area (Å²) in [6.07, 6.45) is 3.98. The molecule has 0 aliphatic heterocycles. The topological polar surface area (TPSA) is 99.9 Å². The molecule has 1 aromatic rings. The van der Waals surface area contributed by atoms with Crippen LogP contribution in [0.25, 0.3) is 0 Å². The predicted octanol–water partition coefficient (Wildman–Crippen LogP) is 1.94. The Labute approximate surface area is 141 Å². The molecule has 0 aromatic carbocycles. The first-order valence-electron chi connectivity index (χ1n) is 8.14. The molecule has 132 valence electrons. The third-order valence-electron chi connectivity index (χ3n) is 4.46. The minimum Gasteiger partial charge on any atom is -0.478 e. The Balaban J connectivity index is 2.09. The van der Waals surface area contributed by atoms with Crippen LogP contribution < -0.4 is 5.32 Å². The zero-order valence-electron chi connectivity index (χ0n) is 14.3. The van der Waals surface area contributed by atoms with Crippen LogP contribution in [0.2, 0.25) is 0 Å². The zero-order valence-corrected chi connectivity index (χ0v) is 14.3. The van der Waals surface area contributed by atoms with Crippen LogP contribution in [0.3, 0.4) is 0 Å². The van der Waals surface area contributed by atoms with Crippen molar-refractivity contribution in [3.63, 3.8) is 0 Å². The number of aryl methyl sites for hydroxylation is 1. The van der Waals surface area contributed by atoms with Gasteiger partial charge in [0.25, 0.3) is 0 Å². The van der Waals surface area contributed by atoms with E-state index < -0.39 is 12.0 Å². The second-order valence-electron chi connectivity index (χ2n) is 6.40. The Hall–Kier alpha value is -2.31. The van der Waals surface area contributed by atoms with Gasteiger partial charge in [0.2, 0.25) is 11.8 Å². The summed E-state index contributed by atoms with van der Waals surface area (Å²) in [5, 5.41) is 11.8. The lowest BCUT2D eigenvalue weighted by atomic mass is 9.96. The molecule has 0 bridgehead atoms. The van der Waals surface area contributed by atoms with Crippen LogP contribution in [0.5, 0.6) is 0 Å². The minimum atomic E-state index is -1.06. The Morgan fingerprint density at radius 3 is 2.50 bits per heavy atom. The third kappa shape index (κ3) is 4.15. The summed E-state index contributed by atoms with van der Waals surface area (Å²) in [5.74, 6) is -0.588. The molecule has 7 heteroatoms. The van der Waals surface area contributed by atoms with Gasteiger partial charge in [-0.15, -0.1) is 0 Å². The van der Waals surface area contributed by atoms with Crippen molar-refractivity contribution in [2.75, 3.05) is 7.05 Å². The van der Waals surface area contributed by atoms with Gasteiger partial charge in [0.1, 0.15) is 23.1 Å². The van der Waals surface area contributed by atoms with Crippen molar-refractivity contribution in [3.8, 4) is 0 Å². The van der Waals surface area contributed by atoms with Crippen LogP contribution in [0.1, 0.15) is 54.5 Å². The fourth-order valence-electron chi connectivity index (χ4n) is 3.27. The van der Waals surface area contributed by atoms with Gasteiger partial charge in [0, 0.05) is 14.0 Å². The van der Waals surface area contributed by atoms with Gasteiger partial charge < -0.3 is 19.7 Å². The van der Waals surface area contributed by atoms with Crippen molar-refractivity contribution in [2.24, 2.45) is 5.92 Å². The zero-order chi connectivity index (χ0) is 17.9. The first-order chi connectivity index (χ1) is 11.3. The Kier molecular flexibility index (Phi) is 5.64. The molecule has 1 saturated carbocycles. The molecule has 1 atom stereocenters. The Bertz CT molecular complexity index is 631. The van der Waals surface area contributed by atoms with Gasteiger partial charge in [-0.2, -0.15) is 0 Å². The average molecular weight is 336 g/mol. The number of nitrogens with zero attached hydrogens (tertiary/aromatic N) is 1. The number of aromatic carboxylic acids is 1. The summed E-state index contributed by atoms with van der Waals surface area (Å²) in [5.41, 5.74) is 0.0973. The third-order valence-corrected chi connectivity index (χ3v) is 4.46. The second kappa shape index (κ2) is 7.51. The van der Waals surface area contributed by atoms with E-state index in [1.165, 1.54) is 17.9 Å². The summed E-state index contributed by atoms with van der Waals surface area (Å²) >= 11 is 0. The van der Waals surface area contributed by atoms with Gasteiger partial charge in [-0.25, -0.2) is 4.79 Å². The molecule has 1 heterocycles. The van der Waals surface area contributed by atoms with Gasteiger partial charge in [-0.05, 0) is 31.7 Å². The fourth-order valence-corrected chi connectivity index (χ4v) is 3.27. The summed E-state index contributed by atoms with van der Waals surface area (Å²) < 4.78 is 5.42. The maximum Gasteiger partial charge on any atom is 0.339 e. The number of carboxylic acids is 1. The Morgan fingerprint density at radius 1 is 1.38 bits per heavy atom. The van der Waals surface area contributed by atoms with Crippen LogP contribution in [0.15, 0.2) is 10.5 Å². The average Bonchev–Trinajstić information content (AvgIpc) is 3.13. The number of hydrogen-bond donors (Lipinski definition) is 2. The first-order valence-corrected chi connectivity index (χ1v) is 8.14. The highest BCUT2D eigenvalue weighted by molar-refractivity contribution is 5.89. The van der Waals surface area contributed by atoms with Gasteiger partial charge >= 0.3 is 5.97 Å². The van der Waals surface area contributed by atoms with Gasteiger partial charge in [-0.1, -0.05) is 12.8 Å². The summed E-state index contributed by atoms with van der Waals surface area (Å²) in [6.45, 7) is 3.15. The van der Waals surface area contributed by atoms with E-state index in [0.717, 1.165) is 25.7 Å². The van der Waals surface area contributed by atoms with Crippen LogP contribution in [0.4, 0.5) is 0 Å². The molecule has 2 N–H and O–H groups in total. The lowest BCUT2D eigenvalue weighted by molar-refractivity contribution is -0.137. The summed E-state index contributed by atoms with van der Waals surface area (Å²) in [6, 6.07) is 0.898. The lowest BCUT2D eigenvalue weighted by Gasteiger charge is -2.27. The minimum absolute atomic E-state index is 0.0973. The van der Waals surface area contributed by atoms with Crippen molar-refractivity contribution in [3.05, 3.63) is 23.2 Å². The maximum atomic E-state index is 12.7. The molecule has 1 fully saturated rings. The van der Waals surface area contributed by atoms with Crippen molar-refractivity contribution in [2.45, 2.75) is 52.1 Å². The Morgan fingerprint density at radius 2 is 2.00 bits per heavy atom. The van der Waals surface area contributed by atoms with E-state index in [1.807, 2.05) is 0 Å². The molecule has 0 spiro atoms.